The second-order valence-corrected chi connectivity index (χ2v) is 5.78. The molecule has 5 nitrogen and oxygen atoms in total. The molecule has 2 heterocycles. The highest BCUT2D eigenvalue weighted by Gasteiger charge is 2.32. The van der Waals surface area contributed by atoms with E-state index in [9.17, 15) is 0 Å². The Kier molecular flexibility index (Phi) is 6.01. The first-order valence-electron chi connectivity index (χ1n) is 7.49. The Morgan fingerprint density at radius 1 is 1.55 bits per heavy atom. The van der Waals surface area contributed by atoms with Gasteiger partial charge in [0.25, 0.3) is 0 Å². The molecule has 1 fully saturated rings. The third-order valence-corrected chi connectivity index (χ3v) is 4.19. The van der Waals surface area contributed by atoms with Gasteiger partial charge in [-0.3, -0.25) is 0 Å². The quantitative estimate of drug-likeness (QED) is 0.732. The maximum Gasteiger partial charge on any atom is 0.108 e. The number of hydrogen-bond donors (Lipinski definition) is 1. The molecular weight excluding hydrogens is 254 g/mol. The third-order valence-electron chi connectivity index (χ3n) is 4.19. The summed E-state index contributed by atoms with van der Waals surface area (Å²) >= 11 is 0. The van der Waals surface area contributed by atoms with E-state index in [1.807, 2.05) is 12.4 Å². The fourth-order valence-electron chi connectivity index (χ4n) is 2.88. The molecule has 0 spiro atoms. The van der Waals surface area contributed by atoms with Crippen molar-refractivity contribution in [1.82, 2.24) is 14.9 Å². The zero-order valence-corrected chi connectivity index (χ0v) is 12.7. The van der Waals surface area contributed by atoms with Gasteiger partial charge in [-0.15, -0.1) is 0 Å². The Balaban J connectivity index is 1.87. The molecule has 1 aromatic rings. The van der Waals surface area contributed by atoms with Crippen LogP contribution in [0.3, 0.4) is 0 Å². The lowest BCUT2D eigenvalue weighted by molar-refractivity contribution is -0.0127. The predicted octanol–water partition coefficient (Wildman–Crippen LogP) is 1.39. The van der Waals surface area contributed by atoms with E-state index in [2.05, 4.69) is 21.9 Å². The highest BCUT2D eigenvalue weighted by molar-refractivity contribution is 4.94. The summed E-state index contributed by atoms with van der Waals surface area (Å²) in [6.45, 7) is 4.43. The van der Waals surface area contributed by atoms with Crippen LogP contribution in [-0.2, 0) is 22.9 Å². The molecule has 1 aromatic heterocycles. The van der Waals surface area contributed by atoms with Gasteiger partial charge in [-0.05, 0) is 19.3 Å². The standard InChI is InChI=1S/C15H27N3O2/c1-18-9-7-17-14(18)4-6-15(5-3-10-20-13-15)12-16-8-11-19-2/h7,9,16H,3-6,8,10-13H2,1-2H3. The van der Waals surface area contributed by atoms with Gasteiger partial charge < -0.3 is 19.4 Å². The highest BCUT2D eigenvalue weighted by atomic mass is 16.5. The minimum Gasteiger partial charge on any atom is -0.383 e. The molecule has 0 amide bonds. The van der Waals surface area contributed by atoms with Crippen LogP contribution in [0, 0.1) is 5.41 Å². The van der Waals surface area contributed by atoms with E-state index in [4.69, 9.17) is 9.47 Å². The molecule has 1 aliphatic heterocycles. The molecule has 0 radical (unpaired) electrons. The number of aromatic nitrogens is 2. The second-order valence-electron chi connectivity index (χ2n) is 5.78. The fraction of sp³-hybridized carbons (Fsp3) is 0.800. The Bertz CT molecular complexity index is 386. The van der Waals surface area contributed by atoms with Gasteiger partial charge in [-0.2, -0.15) is 0 Å². The molecule has 20 heavy (non-hydrogen) atoms. The summed E-state index contributed by atoms with van der Waals surface area (Å²) in [5.74, 6) is 1.16. The summed E-state index contributed by atoms with van der Waals surface area (Å²) in [6.07, 6.45) is 8.41. The first-order chi connectivity index (χ1) is 9.76. The average Bonchev–Trinajstić information content (AvgIpc) is 2.88. The monoisotopic (exact) mass is 281 g/mol. The van der Waals surface area contributed by atoms with Crippen LogP contribution in [-0.4, -0.2) is 49.6 Å². The predicted molar refractivity (Wildman–Crippen MR) is 78.8 cm³/mol. The van der Waals surface area contributed by atoms with Crippen LogP contribution in [0.2, 0.25) is 0 Å². The van der Waals surface area contributed by atoms with E-state index >= 15 is 0 Å². The van der Waals surface area contributed by atoms with Gasteiger partial charge in [-0.1, -0.05) is 0 Å². The molecule has 2 rings (SSSR count). The molecule has 1 unspecified atom stereocenters. The summed E-state index contributed by atoms with van der Waals surface area (Å²) in [5, 5.41) is 3.51. The molecule has 1 atom stereocenters. The highest BCUT2D eigenvalue weighted by Crippen LogP contribution is 2.32. The van der Waals surface area contributed by atoms with Gasteiger partial charge in [0.2, 0.25) is 0 Å². The number of ether oxygens (including phenoxy) is 2. The lowest BCUT2D eigenvalue weighted by Gasteiger charge is -2.37. The number of rotatable bonds is 8. The first-order valence-corrected chi connectivity index (χ1v) is 7.49. The van der Waals surface area contributed by atoms with Gasteiger partial charge in [0.1, 0.15) is 5.82 Å². The van der Waals surface area contributed by atoms with Crippen molar-refractivity contribution >= 4 is 0 Å². The van der Waals surface area contributed by atoms with Crippen LogP contribution in [0.25, 0.3) is 0 Å². The van der Waals surface area contributed by atoms with Gasteiger partial charge in [0.15, 0.2) is 0 Å². The van der Waals surface area contributed by atoms with Gasteiger partial charge >= 0.3 is 0 Å². The van der Waals surface area contributed by atoms with E-state index in [0.717, 1.165) is 58.0 Å². The summed E-state index contributed by atoms with van der Waals surface area (Å²) in [4.78, 5) is 4.42. The zero-order chi connectivity index (χ0) is 14.3. The molecular formula is C15H27N3O2. The topological polar surface area (TPSA) is 48.3 Å². The van der Waals surface area contributed by atoms with E-state index in [-0.39, 0.29) is 5.41 Å². The van der Waals surface area contributed by atoms with Crippen molar-refractivity contribution in [1.29, 1.82) is 0 Å². The van der Waals surface area contributed by atoms with Crippen LogP contribution in [0.1, 0.15) is 25.1 Å². The molecule has 5 heteroatoms. The van der Waals surface area contributed by atoms with Gasteiger partial charge in [0.05, 0.1) is 13.2 Å². The molecule has 0 bridgehead atoms. The summed E-state index contributed by atoms with van der Waals surface area (Å²) in [7, 11) is 3.80. The van der Waals surface area contributed by atoms with Gasteiger partial charge in [-0.25, -0.2) is 4.98 Å². The fourth-order valence-corrected chi connectivity index (χ4v) is 2.88. The maximum absolute atomic E-state index is 5.74. The number of nitrogens with one attached hydrogen (secondary N) is 1. The summed E-state index contributed by atoms with van der Waals surface area (Å²) < 4.78 is 12.9. The van der Waals surface area contributed by atoms with Crippen LogP contribution in [0.4, 0.5) is 0 Å². The minimum atomic E-state index is 0.248. The van der Waals surface area contributed by atoms with E-state index in [1.165, 1.54) is 6.42 Å². The number of imidazole rings is 1. The van der Waals surface area contributed by atoms with Crippen molar-refractivity contribution in [3.05, 3.63) is 18.2 Å². The van der Waals surface area contributed by atoms with Crippen molar-refractivity contribution in [2.24, 2.45) is 12.5 Å². The van der Waals surface area contributed by atoms with Crippen molar-refractivity contribution in [3.63, 3.8) is 0 Å². The summed E-state index contributed by atoms with van der Waals surface area (Å²) in [6, 6.07) is 0. The van der Waals surface area contributed by atoms with E-state index in [1.54, 1.807) is 7.11 Å². The van der Waals surface area contributed by atoms with Crippen molar-refractivity contribution < 1.29 is 9.47 Å². The largest absolute Gasteiger partial charge is 0.383 e. The molecule has 0 saturated carbocycles. The molecule has 1 aliphatic rings. The lowest BCUT2D eigenvalue weighted by atomic mass is 9.78. The van der Waals surface area contributed by atoms with Crippen molar-refractivity contribution in [2.45, 2.75) is 25.7 Å². The van der Waals surface area contributed by atoms with Crippen LogP contribution >= 0.6 is 0 Å². The Hall–Kier alpha value is -0.910. The van der Waals surface area contributed by atoms with E-state index < -0.39 is 0 Å². The normalized spacial score (nSPS) is 23.1. The smallest absolute Gasteiger partial charge is 0.108 e. The third kappa shape index (κ3) is 4.30. The van der Waals surface area contributed by atoms with Crippen molar-refractivity contribution in [3.8, 4) is 0 Å². The molecule has 0 aromatic carbocycles. The number of nitrogens with zero attached hydrogens (tertiary/aromatic N) is 2. The molecule has 1 N–H and O–H groups in total. The van der Waals surface area contributed by atoms with Gasteiger partial charge in [0, 0.05) is 58.1 Å². The lowest BCUT2D eigenvalue weighted by Crippen LogP contribution is -2.42. The zero-order valence-electron chi connectivity index (χ0n) is 12.7. The Morgan fingerprint density at radius 3 is 3.10 bits per heavy atom. The number of aryl methyl sites for hydroxylation is 2. The van der Waals surface area contributed by atoms with E-state index in [0.29, 0.717) is 0 Å². The average molecular weight is 281 g/mol. The molecule has 114 valence electrons. The maximum atomic E-state index is 5.74. The Labute approximate surface area is 121 Å². The van der Waals surface area contributed by atoms with Crippen LogP contribution < -0.4 is 5.32 Å². The first kappa shape index (κ1) is 15.5. The number of methoxy groups -OCH3 is 1. The molecule has 0 aliphatic carbocycles. The minimum absolute atomic E-state index is 0.248. The SMILES string of the molecule is COCCNCC1(CCc2nccn2C)CCCOC1. The van der Waals surface area contributed by atoms with Crippen LogP contribution in [0.15, 0.2) is 12.4 Å². The Morgan fingerprint density at radius 2 is 2.45 bits per heavy atom. The number of hydrogen-bond acceptors (Lipinski definition) is 4. The second kappa shape index (κ2) is 7.76. The summed E-state index contributed by atoms with van der Waals surface area (Å²) in [5.41, 5.74) is 0.248. The van der Waals surface area contributed by atoms with Crippen molar-refractivity contribution in [2.75, 3.05) is 40.0 Å². The molecule has 1 saturated heterocycles. The van der Waals surface area contributed by atoms with Crippen LogP contribution in [0.5, 0.6) is 0 Å².